The van der Waals surface area contributed by atoms with Gasteiger partial charge in [-0.1, -0.05) is 5.92 Å². The van der Waals surface area contributed by atoms with Crippen LogP contribution < -0.4 is 15.2 Å². The van der Waals surface area contributed by atoms with E-state index in [9.17, 15) is 27.2 Å². The van der Waals surface area contributed by atoms with Crippen molar-refractivity contribution < 1.29 is 27.1 Å². The molecule has 6 nitrogen and oxygen atoms in total. The van der Waals surface area contributed by atoms with Gasteiger partial charge in [-0.25, -0.2) is 4.39 Å². The summed E-state index contributed by atoms with van der Waals surface area (Å²) in [5, 5.41) is 3.61. The fraction of sp³-hybridized carbons (Fsp3) is 0.235. The Morgan fingerprint density at radius 2 is 1.96 bits per heavy atom. The van der Waals surface area contributed by atoms with E-state index in [0.717, 1.165) is 24.4 Å². The zero-order valence-electron chi connectivity index (χ0n) is 13.6. The van der Waals surface area contributed by atoms with Crippen LogP contribution in [0.4, 0.5) is 23.2 Å². The summed E-state index contributed by atoms with van der Waals surface area (Å²) in [7, 11) is 0. The van der Waals surface area contributed by atoms with Crippen LogP contribution in [0.15, 0.2) is 29.2 Å². The minimum absolute atomic E-state index is 0.0489. The van der Waals surface area contributed by atoms with Crippen LogP contribution in [0.3, 0.4) is 0 Å². The van der Waals surface area contributed by atoms with Gasteiger partial charge in [-0.15, -0.1) is 6.42 Å². The minimum atomic E-state index is -4.51. The van der Waals surface area contributed by atoms with E-state index >= 15 is 0 Å². The van der Waals surface area contributed by atoms with Crippen molar-refractivity contribution in [2.24, 2.45) is 0 Å². The molecule has 1 aliphatic rings. The molecule has 0 aliphatic carbocycles. The molecule has 1 aliphatic heterocycles. The summed E-state index contributed by atoms with van der Waals surface area (Å²) in [5.74, 6) is 0.977. The number of anilines is 1. The number of rotatable bonds is 3. The molecular weight excluding hydrogens is 370 g/mol. The number of halogens is 4. The molecule has 27 heavy (non-hydrogen) atoms. The van der Waals surface area contributed by atoms with Gasteiger partial charge in [-0.3, -0.25) is 14.5 Å². The average molecular weight is 381 g/mol. The molecule has 1 aromatic heterocycles. The van der Waals surface area contributed by atoms with Gasteiger partial charge in [-0.05, 0) is 11.6 Å². The predicted molar refractivity (Wildman–Crippen MR) is 86.2 cm³/mol. The summed E-state index contributed by atoms with van der Waals surface area (Å²) in [6.07, 6.45) is 0.217. The number of hydrogen-bond donors (Lipinski definition) is 0. The second-order valence-corrected chi connectivity index (χ2v) is 5.65. The molecule has 0 N–H and O–H groups in total. The zero-order valence-corrected chi connectivity index (χ0v) is 13.6. The molecular formula is C17H11F4N3O3. The Morgan fingerprint density at radius 3 is 2.59 bits per heavy atom. The minimum Gasteiger partial charge on any atom is -0.481 e. The van der Waals surface area contributed by atoms with Crippen LogP contribution in [0.1, 0.15) is 5.56 Å². The largest absolute Gasteiger partial charge is 0.481 e. The van der Waals surface area contributed by atoms with E-state index < -0.39 is 29.9 Å². The lowest BCUT2D eigenvalue weighted by Gasteiger charge is -2.28. The number of carbonyl (C=O) groups excluding carboxylic acids is 1. The lowest BCUT2D eigenvalue weighted by molar-refractivity contribution is -0.127. The van der Waals surface area contributed by atoms with E-state index in [4.69, 9.17) is 11.2 Å². The molecule has 0 atom stereocenters. The molecule has 1 aromatic carbocycles. The quantitative estimate of drug-likeness (QED) is 0.601. The Morgan fingerprint density at radius 1 is 1.22 bits per heavy atom. The van der Waals surface area contributed by atoms with Gasteiger partial charge >= 0.3 is 6.18 Å². The van der Waals surface area contributed by atoms with Crippen molar-refractivity contribution in [1.29, 1.82) is 0 Å². The van der Waals surface area contributed by atoms with Crippen LogP contribution in [0.25, 0.3) is 5.69 Å². The Bertz CT molecular complexity index is 1010. The lowest BCUT2D eigenvalue weighted by Crippen LogP contribution is -2.39. The first-order valence-electron chi connectivity index (χ1n) is 7.55. The van der Waals surface area contributed by atoms with E-state index in [0.29, 0.717) is 4.68 Å². The number of amides is 1. The number of carbonyl (C=O) groups is 1. The standard InChI is InChI=1S/C17H11F4N3O3/c1-2-3-23-13-6-12(11(18)5-14(13)27-9-16(23)26)24-15(25)4-10(8-22-24)7-17(19,20)21/h1,4-6,8H,3,7,9H2. The van der Waals surface area contributed by atoms with Crippen molar-refractivity contribution >= 4 is 11.6 Å². The van der Waals surface area contributed by atoms with Crippen molar-refractivity contribution in [3.8, 4) is 23.8 Å². The van der Waals surface area contributed by atoms with Crippen LogP contribution in [0.5, 0.6) is 5.75 Å². The van der Waals surface area contributed by atoms with Crippen molar-refractivity contribution in [3.63, 3.8) is 0 Å². The van der Waals surface area contributed by atoms with Crippen LogP contribution in [-0.4, -0.2) is 35.0 Å². The monoisotopic (exact) mass is 381 g/mol. The molecule has 0 radical (unpaired) electrons. The molecule has 0 spiro atoms. The number of hydrogen-bond acceptors (Lipinski definition) is 4. The summed E-state index contributed by atoms with van der Waals surface area (Å²) in [6.45, 7) is -0.426. The number of fused-ring (bicyclic) bond motifs is 1. The van der Waals surface area contributed by atoms with Gasteiger partial charge in [0.25, 0.3) is 11.5 Å². The van der Waals surface area contributed by atoms with Gasteiger partial charge in [0.2, 0.25) is 0 Å². The molecule has 140 valence electrons. The highest BCUT2D eigenvalue weighted by atomic mass is 19.4. The molecule has 2 aromatic rings. The molecule has 2 heterocycles. The third-order valence-corrected chi connectivity index (χ3v) is 3.71. The topological polar surface area (TPSA) is 64.4 Å². The van der Waals surface area contributed by atoms with Gasteiger partial charge < -0.3 is 4.74 Å². The van der Waals surface area contributed by atoms with Crippen LogP contribution >= 0.6 is 0 Å². The Labute approximate surface area is 150 Å². The van der Waals surface area contributed by atoms with Crippen molar-refractivity contribution in [2.45, 2.75) is 12.6 Å². The third kappa shape index (κ3) is 3.76. The first-order valence-corrected chi connectivity index (χ1v) is 7.55. The highest BCUT2D eigenvalue weighted by Crippen LogP contribution is 2.35. The van der Waals surface area contributed by atoms with Gasteiger partial charge in [0.1, 0.15) is 11.4 Å². The van der Waals surface area contributed by atoms with Crippen molar-refractivity contribution in [3.05, 3.63) is 46.1 Å². The summed E-state index contributed by atoms with van der Waals surface area (Å²) in [6, 6.07) is 2.81. The maximum Gasteiger partial charge on any atom is 0.393 e. The number of aromatic nitrogens is 2. The van der Waals surface area contributed by atoms with E-state index in [-0.39, 0.29) is 35.8 Å². The normalized spacial score (nSPS) is 13.7. The van der Waals surface area contributed by atoms with Crippen molar-refractivity contribution in [1.82, 2.24) is 9.78 Å². The van der Waals surface area contributed by atoms with Crippen LogP contribution in [-0.2, 0) is 11.2 Å². The average Bonchev–Trinajstić information content (AvgIpc) is 2.56. The van der Waals surface area contributed by atoms with Crippen LogP contribution in [0.2, 0.25) is 0 Å². The summed E-state index contributed by atoms with van der Waals surface area (Å²) in [4.78, 5) is 25.3. The molecule has 0 saturated carbocycles. The summed E-state index contributed by atoms with van der Waals surface area (Å²) >= 11 is 0. The molecule has 0 saturated heterocycles. The maximum atomic E-state index is 14.4. The van der Waals surface area contributed by atoms with E-state index in [1.807, 2.05) is 0 Å². The first-order chi connectivity index (χ1) is 12.7. The Hall–Kier alpha value is -3.35. The Kier molecular flexibility index (Phi) is 4.61. The van der Waals surface area contributed by atoms with Crippen LogP contribution in [0, 0.1) is 18.2 Å². The van der Waals surface area contributed by atoms with Crippen molar-refractivity contribution in [2.75, 3.05) is 18.1 Å². The summed E-state index contributed by atoms with van der Waals surface area (Å²) in [5.41, 5.74) is -1.52. The molecule has 3 rings (SSSR count). The molecule has 10 heteroatoms. The number of alkyl halides is 3. The van der Waals surface area contributed by atoms with Gasteiger partial charge in [0.05, 0.1) is 24.8 Å². The zero-order chi connectivity index (χ0) is 19.8. The second-order valence-electron chi connectivity index (χ2n) is 5.65. The molecule has 1 amide bonds. The fourth-order valence-electron chi connectivity index (χ4n) is 2.59. The lowest BCUT2D eigenvalue weighted by atomic mass is 10.2. The van der Waals surface area contributed by atoms with Gasteiger partial charge in [0, 0.05) is 12.1 Å². The fourth-order valence-corrected chi connectivity index (χ4v) is 2.59. The smallest absolute Gasteiger partial charge is 0.393 e. The van der Waals surface area contributed by atoms with Gasteiger partial charge in [-0.2, -0.15) is 23.0 Å². The number of benzene rings is 1. The number of nitrogens with zero attached hydrogens (tertiary/aromatic N) is 3. The van der Waals surface area contributed by atoms with E-state index in [1.54, 1.807) is 0 Å². The molecule has 0 unspecified atom stereocenters. The maximum absolute atomic E-state index is 14.4. The first kappa shape index (κ1) is 18.4. The van der Waals surface area contributed by atoms with E-state index in [1.165, 1.54) is 4.90 Å². The van der Waals surface area contributed by atoms with Gasteiger partial charge in [0.15, 0.2) is 12.4 Å². The summed E-state index contributed by atoms with van der Waals surface area (Å²) < 4.78 is 57.5. The number of ether oxygens (including phenoxy) is 1. The second kappa shape index (κ2) is 6.75. The highest BCUT2D eigenvalue weighted by Gasteiger charge is 2.29. The molecule has 0 fully saturated rings. The number of terminal acetylenes is 1. The Balaban J connectivity index is 2.07. The molecule has 0 bridgehead atoms. The SMILES string of the molecule is C#CCN1C(=O)COc2cc(F)c(-n3ncc(CC(F)(F)F)cc3=O)cc21. The highest BCUT2D eigenvalue weighted by molar-refractivity contribution is 5.98. The predicted octanol–water partition coefficient (Wildman–Crippen LogP) is 1.84. The van der Waals surface area contributed by atoms with E-state index in [2.05, 4.69) is 11.0 Å². The third-order valence-electron chi connectivity index (χ3n) is 3.71.